The maximum atomic E-state index is 12.5. The van der Waals surface area contributed by atoms with Gasteiger partial charge in [0.25, 0.3) is 5.91 Å². The quantitative estimate of drug-likeness (QED) is 0.723. The van der Waals surface area contributed by atoms with Gasteiger partial charge >= 0.3 is 0 Å². The van der Waals surface area contributed by atoms with Gasteiger partial charge in [0.1, 0.15) is 0 Å². The van der Waals surface area contributed by atoms with Crippen LogP contribution >= 0.6 is 11.6 Å². The number of carbonyl (C=O) groups is 1. The molecule has 0 atom stereocenters. The van der Waals surface area contributed by atoms with Crippen molar-refractivity contribution in [3.63, 3.8) is 0 Å². The van der Waals surface area contributed by atoms with E-state index in [-0.39, 0.29) is 5.91 Å². The zero-order chi connectivity index (χ0) is 17.2. The summed E-state index contributed by atoms with van der Waals surface area (Å²) in [5.41, 5.74) is 1.93. The highest BCUT2D eigenvalue weighted by molar-refractivity contribution is 6.31. The van der Waals surface area contributed by atoms with Crippen LogP contribution in [0.4, 0.5) is 5.69 Å². The first-order chi connectivity index (χ1) is 12.2. The Bertz CT molecular complexity index is 918. The van der Waals surface area contributed by atoms with Crippen molar-refractivity contribution in [2.75, 3.05) is 5.32 Å². The summed E-state index contributed by atoms with van der Waals surface area (Å²) < 4.78 is 5.36. The molecule has 25 heavy (non-hydrogen) atoms. The van der Waals surface area contributed by atoms with Crippen molar-refractivity contribution in [3.05, 3.63) is 65.0 Å². The summed E-state index contributed by atoms with van der Waals surface area (Å²) >= 11 is 5.95. The minimum absolute atomic E-state index is 0.216. The third kappa shape index (κ3) is 3.42. The van der Waals surface area contributed by atoms with Crippen LogP contribution in [0.15, 0.2) is 53.1 Å². The van der Waals surface area contributed by atoms with E-state index in [4.69, 9.17) is 16.1 Å². The predicted octanol–water partition coefficient (Wildman–Crippen LogP) is 4.91. The molecule has 1 saturated carbocycles. The Hall–Kier alpha value is -2.66. The minimum atomic E-state index is -0.216. The normalized spacial score (nSPS) is 14.1. The highest BCUT2D eigenvalue weighted by Gasteiger charge is 2.25. The first-order valence-electron chi connectivity index (χ1n) is 8.20. The van der Waals surface area contributed by atoms with E-state index in [1.165, 1.54) is 6.42 Å². The van der Waals surface area contributed by atoms with Crippen LogP contribution in [-0.2, 0) is 0 Å². The number of aromatic nitrogens is 2. The monoisotopic (exact) mass is 353 g/mol. The second-order valence-corrected chi connectivity index (χ2v) is 6.57. The Balaban J connectivity index is 1.54. The average Bonchev–Trinajstić information content (AvgIpc) is 3.03. The van der Waals surface area contributed by atoms with Gasteiger partial charge < -0.3 is 9.84 Å². The molecule has 1 heterocycles. The Labute approximate surface area is 150 Å². The summed E-state index contributed by atoms with van der Waals surface area (Å²) in [7, 11) is 0. The molecule has 5 nitrogen and oxygen atoms in total. The van der Waals surface area contributed by atoms with Crippen LogP contribution < -0.4 is 5.32 Å². The number of halogens is 1. The second kappa shape index (κ2) is 6.69. The predicted molar refractivity (Wildman–Crippen MR) is 95.7 cm³/mol. The van der Waals surface area contributed by atoms with E-state index in [1.807, 2.05) is 12.1 Å². The van der Waals surface area contributed by atoms with Gasteiger partial charge in [0.05, 0.1) is 0 Å². The summed E-state index contributed by atoms with van der Waals surface area (Å²) in [5, 5.41) is 7.45. The Morgan fingerprint density at radius 3 is 2.76 bits per heavy atom. The lowest BCUT2D eigenvalue weighted by molar-refractivity contribution is 0.102. The molecule has 0 saturated heterocycles. The van der Waals surface area contributed by atoms with Crippen molar-refractivity contribution in [2.45, 2.75) is 25.2 Å². The van der Waals surface area contributed by atoms with Gasteiger partial charge in [-0.2, -0.15) is 4.98 Å². The van der Waals surface area contributed by atoms with Gasteiger partial charge in [0.15, 0.2) is 0 Å². The number of rotatable bonds is 4. The van der Waals surface area contributed by atoms with E-state index in [9.17, 15) is 4.79 Å². The molecule has 1 aliphatic rings. The van der Waals surface area contributed by atoms with Crippen LogP contribution in [0.5, 0.6) is 0 Å². The standard InChI is InChI=1S/C19H16ClN3O2/c20-15-8-3-9-16(11-15)21-18(24)14-7-2-6-13(10-14)17-22-19(25-23-17)12-4-1-5-12/h2-3,6-12H,1,4-5H2,(H,21,24). The number of benzene rings is 2. The number of hydrogen-bond donors (Lipinski definition) is 1. The number of amides is 1. The zero-order valence-corrected chi connectivity index (χ0v) is 14.2. The van der Waals surface area contributed by atoms with Gasteiger partial charge in [-0.25, -0.2) is 0 Å². The van der Waals surface area contributed by atoms with E-state index >= 15 is 0 Å². The Morgan fingerprint density at radius 1 is 1.16 bits per heavy atom. The molecular formula is C19H16ClN3O2. The number of nitrogens with one attached hydrogen (secondary N) is 1. The van der Waals surface area contributed by atoms with Crippen molar-refractivity contribution in [3.8, 4) is 11.4 Å². The van der Waals surface area contributed by atoms with E-state index in [0.717, 1.165) is 18.4 Å². The number of anilines is 1. The summed E-state index contributed by atoms with van der Waals surface area (Å²) in [6, 6.07) is 14.2. The fraction of sp³-hybridized carbons (Fsp3) is 0.211. The molecule has 0 bridgehead atoms. The molecule has 4 rings (SSSR count). The van der Waals surface area contributed by atoms with Crippen molar-refractivity contribution in [2.24, 2.45) is 0 Å². The zero-order valence-electron chi connectivity index (χ0n) is 13.4. The van der Waals surface area contributed by atoms with Crippen molar-refractivity contribution in [1.82, 2.24) is 10.1 Å². The van der Waals surface area contributed by atoms with Crippen LogP contribution in [0, 0.1) is 0 Å². The van der Waals surface area contributed by atoms with Crippen LogP contribution in [-0.4, -0.2) is 16.0 Å². The maximum Gasteiger partial charge on any atom is 0.255 e. The fourth-order valence-corrected chi connectivity index (χ4v) is 2.93. The molecule has 0 spiro atoms. The SMILES string of the molecule is O=C(Nc1cccc(Cl)c1)c1cccc(-c2noc(C3CCC3)n2)c1. The minimum Gasteiger partial charge on any atom is -0.339 e. The molecule has 1 fully saturated rings. The van der Waals surface area contributed by atoms with E-state index in [0.29, 0.717) is 33.9 Å². The highest BCUT2D eigenvalue weighted by Crippen LogP contribution is 2.36. The fourth-order valence-electron chi connectivity index (χ4n) is 2.74. The molecule has 0 aliphatic heterocycles. The number of carbonyl (C=O) groups excluding carboxylic acids is 1. The number of hydrogen-bond acceptors (Lipinski definition) is 4. The van der Waals surface area contributed by atoms with Gasteiger partial charge in [-0.3, -0.25) is 4.79 Å². The molecule has 1 amide bonds. The molecule has 3 aromatic rings. The summed E-state index contributed by atoms with van der Waals surface area (Å²) in [6.07, 6.45) is 3.41. The molecular weight excluding hydrogens is 338 g/mol. The number of nitrogens with zero attached hydrogens (tertiary/aromatic N) is 2. The maximum absolute atomic E-state index is 12.5. The van der Waals surface area contributed by atoms with E-state index in [1.54, 1.807) is 36.4 Å². The van der Waals surface area contributed by atoms with Gasteiger partial charge in [-0.1, -0.05) is 41.4 Å². The van der Waals surface area contributed by atoms with Gasteiger partial charge in [-0.05, 0) is 43.2 Å². The summed E-state index contributed by atoms with van der Waals surface area (Å²) in [4.78, 5) is 16.9. The van der Waals surface area contributed by atoms with Crippen molar-refractivity contribution >= 4 is 23.2 Å². The van der Waals surface area contributed by atoms with Gasteiger partial charge in [-0.15, -0.1) is 0 Å². The molecule has 6 heteroatoms. The van der Waals surface area contributed by atoms with E-state index < -0.39 is 0 Å². The lowest BCUT2D eigenvalue weighted by atomic mass is 9.85. The molecule has 0 radical (unpaired) electrons. The highest BCUT2D eigenvalue weighted by atomic mass is 35.5. The van der Waals surface area contributed by atoms with Gasteiger partial charge in [0.2, 0.25) is 11.7 Å². The first kappa shape index (κ1) is 15.8. The third-order valence-corrected chi connectivity index (χ3v) is 4.60. The third-order valence-electron chi connectivity index (χ3n) is 4.36. The molecule has 1 aromatic heterocycles. The Morgan fingerprint density at radius 2 is 2.00 bits per heavy atom. The van der Waals surface area contributed by atoms with Crippen molar-refractivity contribution < 1.29 is 9.32 Å². The van der Waals surface area contributed by atoms with Crippen LogP contribution in [0.3, 0.4) is 0 Å². The first-order valence-corrected chi connectivity index (χ1v) is 8.58. The molecule has 126 valence electrons. The van der Waals surface area contributed by atoms with Crippen LogP contribution in [0.2, 0.25) is 5.02 Å². The lowest BCUT2D eigenvalue weighted by Crippen LogP contribution is -2.11. The van der Waals surface area contributed by atoms with Gasteiger partial charge in [0, 0.05) is 27.8 Å². The largest absolute Gasteiger partial charge is 0.339 e. The summed E-state index contributed by atoms with van der Waals surface area (Å²) in [6.45, 7) is 0. The Kier molecular flexibility index (Phi) is 4.24. The second-order valence-electron chi connectivity index (χ2n) is 6.13. The molecule has 1 aliphatic carbocycles. The summed E-state index contributed by atoms with van der Waals surface area (Å²) in [5.74, 6) is 1.37. The topological polar surface area (TPSA) is 68.0 Å². The molecule has 0 unspecified atom stereocenters. The lowest BCUT2D eigenvalue weighted by Gasteiger charge is -2.20. The van der Waals surface area contributed by atoms with E-state index in [2.05, 4.69) is 15.5 Å². The van der Waals surface area contributed by atoms with Crippen LogP contribution in [0.25, 0.3) is 11.4 Å². The average molecular weight is 354 g/mol. The smallest absolute Gasteiger partial charge is 0.255 e. The molecule has 2 aromatic carbocycles. The van der Waals surface area contributed by atoms with Crippen molar-refractivity contribution in [1.29, 1.82) is 0 Å². The van der Waals surface area contributed by atoms with Crippen LogP contribution in [0.1, 0.15) is 41.4 Å². The molecule has 1 N–H and O–H groups in total.